The van der Waals surface area contributed by atoms with E-state index in [1.807, 2.05) is 0 Å². The minimum Gasteiger partial charge on any atom is -0.272 e. The Morgan fingerprint density at radius 3 is 2.43 bits per heavy atom. The van der Waals surface area contributed by atoms with Crippen LogP contribution in [0.15, 0.2) is 47.9 Å². The molecule has 0 fully saturated rings. The zero-order chi connectivity index (χ0) is 15.1. The molecule has 2 amide bonds. The standard InChI is InChI=1S/C13H11ClN4O2S/c14-10-4-2-9(3-5-10)12(20)18-17-11(19)8-21-13-15-6-1-7-16-13/h1-7H,8H2,(H,17,19)(H,18,20). The number of benzene rings is 1. The van der Waals surface area contributed by atoms with Gasteiger partial charge in [-0.05, 0) is 30.3 Å². The van der Waals surface area contributed by atoms with E-state index in [4.69, 9.17) is 11.6 Å². The monoisotopic (exact) mass is 322 g/mol. The van der Waals surface area contributed by atoms with E-state index in [1.165, 1.54) is 11.8 Å². The number of carbonyl (C=O) groups excluding carboxylic acids is 2. The van der Waals surface area contributed by atoms with Crippen molar-refractivity contribution in [2.75, 3.05) is 5.75 Å². The van der Waals surface area contributed by atoms with Gasteiger partial charge in [-0.2, -0.15) is 0 Å². The van der Waals surface area contributed by atoms with Crippen molar-refractivity contribution in [2.45, 2.75) is 5.16 Å². The van der Waals surface area contributed by atoms with Crippen LogP contribution in [0.2, 0.25) is 5.02 Å². The van der Waals surface area contributed by atoms with Crippen LogP contribution in [0.1, 0.15) is 10.4 Å². The van der Waals surface area contributed by atoms with Crippen molar-refractivity contribution in [1.29, 1.82) is 0 Å². The smallest absolute Gasteiger partial charge is 0.269 e. The third-order valence-electron chi connectivity index (χ3n) is 2.30. The van der Waals surface area contributed by atoms with Crippen molar-refractivity contribution in [3.63, 3.8) is 0 Å². The Bertz CT molecular complexity index is 622. The summed E-state index contributed by atoms with van der Waals surface area (Å²) in [5.74, 6) is -0.666. The predicted octanol–water partition coefficient (Wildman–Crippen LogP) is 1.68. The summed E-state index contributed by atoms with van der Waals surface area (Å²) in [6.07, 6.45) is 3.19. The summed E-state index contributed by atoms with van der Waals surface area (Å²) >= 11 is 6.90. The third-order valence-corrected chi connectivity index (χ3v) is 3.42. The van der Waals surface area contributed by atoms with Gasteiger partial charge in [-0.25, -0.2) is 9.97 Å². The molecule has 0 aliphatic carbocycles. The molecule has 0 bridgehead atoms. The second kappa shape index (κ2) is 7.61. The lowest BCUT2D eigenvalue weighted by Gasteiger charge is -2.06. The zero-order valence-electron chi connectivity index (χ0n) is 10.7. The quantitative estimate of drug-likeness (QED) is 0.508. The maximum Gasteiger partial charge on any atom is 0.269 e. The fourth-order valence-corrected chi connectivity index (χ4v) is 2.06. The van der Waals surface area contributed by atoms with Crippen LogP contribution < -0.4 is 10.9 Å². The summed E-state index contributed by atoms with van der Waals surface area (Å²) in [5, 5.41) is 1.03. The highest BCUT2D eigenvalue weighted by atomic mass is 35.5. The number of amides is 2. The van der Waals surface area contributed by atoms with Gasteiger partial charge in [-0.1, -0.05) is 23.4 Å². The highest BCUT2D eigenvalue weighted by molar-refractivity contribution is 7.99. The highest BCUT2D eigenvalue weighted by Gasteiger charge is 2.08. The molecule has 0 saturated carbocycles. The van der Waals surface area contributed by atoms with E-state index in [9.17, 15) is 9.59 Å². The van der Waals surface area contributed by atoms with Crippen LogP contribution in [0.3, 0.4) is 0 Å². The Balaban J connectivity index is 1.76. The van der Waals surface area contributed by atoms with E-state index in [0.717, 1.165) is 0 Å². The maximum absolute atomic E-state index is 11.7. The Kier molecular flexibility index (Phi) is 5.53. The van der Waals surface area contributed by atoms with E-state index in [-0.39, 0.29) is 11.7 Å². The molecular weight excluding hydrogens is 312 g/mol. The van der Waals surface area contributed by atoms with Gasteiger partial charge in [0.05, 0.1) is 5.75 Å². The fraction of sp³-hybridized carbons (Fsp3) is 0.0769. The molecular formula is C13H11ClN4O2S. The molecule has 0 unspecified atom stereocenters. The number of nitrogens with zero attached hydrogens (tertiary/aromatic N) is 2. The van der Waals surface area contributed by atoms with E-state index in [2.05, 4.69) is 20.8 Å². The summed E-state index contributed by atoms with van der Waals surface area (Å²) in [5.41, 5.74) is 5.04. The van der Waals surface area contributed by atoms with Gasteiger partial charge in [0.2, 0.25) is 5.91 Å². The van der Waals surface area contributed by atoms with Crippen LogP contribution >= 0.6 is 23.4 Å². The number of hydrazine groups is 1. The molecule has 0 atom stereocenters. The molecule has 2 aromatic rings. The number of halogens is 1. The SMILES string of the molecule is O=C(CSc1ncccn1)NNC(=O)c1ccc(Cl)cc1. The lowest BCUT2D eigenvalue weighted by atomic mass is 10.2. The molecule has 0 aliphatic heterocycles. The van der Waals surface area contributed by atoms with Crippen molar-refractivity contribution in [3.05, 3.63) is 53.3 Å². The van der Waals surface area contributed by atoms with Crippen LogP contribution in [0.4, 0.5) is 0 Å². The predicted molar refractivity (Wildman–Crippen MR) is 79.8 cm³/mol. The first-order valence-electron chi connectivity index (χ1n) is 5.90. The second-order valence-electron chi connectivity index (χ2n) is 3.83. The van der Waals surface area contributed by atoms with Gasteiger partial charge in [0.25, 0.3) is 5.91 Å². The molecule has 21 heavy (non-hydrogen) atoms. The van der Waals surface area contributed by atoms with E-state index >= 15 is 0 Å². The van der Waals surface area contributed by atoms with Crippen LogP contribution in [0.25, 0.3) is 0 Å². The first-order valence-corrected chi connectivity index (χ1v) is 7.26. The summed E-state index contributed by atoms with van der Waals surface area (Å²) in [6.45, 7) is 0. The zero-order valence-corrected chi connectivity index (χ0v) is 12.3. The first kappa shape index (κ1) is 15.3. The van der Waals surface area contributed by atoms with Gasteiger partial charge < -0.3 is 0 Å². The van der Waals surface area contributed by atoms with Crippen molar-refractivity contribution < 1.29 is 9.59 Å². The molecule has 0 saturated heterocycles. The van der Waals surface area contributed by atoms with Crippen molar-refractivity contribution in [3.8, 4) is 0 Å². The first-order chi connectivity index (χ1) is 10.1. The number of hydrogen-bond donors (Lipinski definition) is 2. The summed E-state index contributed by atoms with van der Waals surface area (Å²) < 4.78 is 0. The van der Waals surface area contributed by atoms with Crippen LogP contribution in [-0.2, 0) is 4.79 Å². The van der Waals surface area contributed by atoms with Crippen molar-refractivity contribution in [2.24, 2.45) is 0 Å². The number of nitrogens with one attached hydrogen (secondary N) is 2. The second-order valence-corrected chi connectivity index (χ2v) is 5.21. The molecule has 0 aliphatic rings. The van der Waals surface area contributed by atoms with Crippen molar-refractivity contribution in [1.82, 2.24) is 20.8 Å². The number of aromatic nitrogens is 2. The molecule has 0 radical (unpaired) electrons. The summed E-state index contributed by atoms with van der Waals surface area (Å²) in [7, 11) is 0. The van der Waals surface area contributed by atoms with Crippen molar-refractivity contribution >= 4 is 35.2 Å². The molecule has 1 aromatic carbocycles. The maximum atomic E-state index is 11.7. The average molecular weight is 323 g/mol. The summed E-state index contributed by atoms with van der Waals surface area (Å²) in [6, 6.07) is 8.02. The van der Waals surface area contributed by atoms with Crippen LogP contribution in [-0.4, -0.2) is 27.5 Å². The van der Waals surface area contributed by atoms with Crippen LogP contribution in [0, 0.1) is 0 Å². The molecule has 0 spiro atoms. The minimum atomic E-state index is -0.416. The largest absolute Gasteiger partial charge is 0.272 e. The van der Waals surface area contributed by atoms with Gasteiger partial charge in [-0.15, -0.1) is 0 Å². The number of carbonyl (C=O) groups is 2. The van der Waals surface area contributed by atoms with Gasteiger partial charge in [0, 0.05) is 23.0 Å². The van der Waals surface area contributed by atoms with E-state index < -0.39 is 5.91 Å². The number of thioether (sulfide) groups is 1. The van der Waals surface area contributed by atoms with Crippen LogP contribution in [0.5, 0.6) is 0 Å². The van der Waals surface area contributed by atoms with Gasteiger partial charge in [0.15, 0.2) is 5.16 Å². The summed E-state index contributed by atoms with van der Waals surface area (Å²) in [4.78, 5) is 31.3. The van der Waals surface area contributed by atoms with E-state index in [0.29, 0.717) is 15.7 Å². The van der Waals surface area contributed by atoms with E-state index in [1.54, 1.807) is 42.7 Å². The van der Waals surface area contributed by atoms with Gasteiger partial charge in [0.1, 0.15) is 0 Å². The Morgan fingerprint density at radius 2 is 1.76 bits per heavy atom. The molecule has 1 heterocycles. The Labute approximate surface area is 130 Å². The Hall–Kier alpha value is -2.12. The topological polar surface area (TPSA) is 84.0 Å². The lowest BCUT2D eigenvalue weighted by molar-refractivity contribution is -0.119. The fourth-order valence-electron chi connectivity index (χ4n) is 1.33. The van der Waals surface area contributed by atoms with Gasteiger partial charge >= 0.3 is 0 Å². The molecule has 8 heteroatoms. The molecule has 1 aromatic heterocycles. The normalized spacial score (nSPS) is 9.95. The number of hydrogen-bond acceptors (Lipinski definition) is 5. The number of rotatable bonds is 4. The Morgan fingerprint density at radius 1 is 1.10 bits per heavy atom. The average Bonchev–Trinajstić information content (AvgIpc) is 2.52. The molecule has 2 rings (SSSR count). The minimum absolute atomic E-state index is 0.102. The molecule has 108 valence electrons. The third kappa shape index (κ3) is 5.05. The van der Waals surface area contributed by atoms with Gasteiger partial charge in [-0.3, -0.25) is 20.4 Å². The molecule has 6 nitrogen and oxygen atoms in total. The molecule has 2 N–H and O–H groups in total. The highest BCUT2D eigenvalue weighted by Crippen LogP contribution is 2.10. The lowest BCUT2D eigenvalue weighted by Crippen LogP contribution is -2.42.